The van der Waals surface area contributed by atoms with Crippen molar-refractivity contribution in [1.29, 1.82) is 0 Å². The third-order valence-electron chi connectivity index (χ3n) is 4.54. The number of carbonyl (C=O) groups is 3. The number of aryl methyl sites for hydroxylation is 2. The Morgan fingerprint density at radius 2 is 1.72 bits per heavy atom. The second-order valence-electron chi connectivity index (χ2n) is 7.05. The first-order chi connectivity index (χ1) is 15.2. The second kappa shape index (κ2) is 9.71. The minimum absolute atomic E-state index is 0.0564. The molecule has 1 saturated heterocycles. The van der Waals surface area contributed by atoms with Crippen LogP contribution < -0.4 is 19.7 Å². The van der Waals surface area contributed by atoms with Crippen LogP contribution in [-0.2, 0) is 9.59 Å². The lowest BCUT2D eigenvalue weighted by Crippen LogP contribution is -2.54. The summed E-state index contributed by atoms with van der Waals surface area (Å²) < 4.78 is 11.7. The Kier molecular flexibility index (Phi) is 7.01. The number of nitrogens with zero attached hydrogens (tertiary/aromatic N) is 1. The van der Waals surface area contributed by atoms with Gasteiger partial charge in [-0.05, 0) is 67.8 Å². The fourth-order valence-electron chi connectivity index (χ4n) is 3.29. The molecule has 8 heteroatoms. The summed E-state index contributed by atoms with van der Waals surface area (Å²) in [5, 5.41) is 2.23. The molecule has 2 aromatic rings. The number of benzene rings is 2. The van der Waals surface area contributed by atoms with Crippen molar-refractivity contribution in [3.05, 3.63) is 57.1 Å². The molecule has 0 aromatic heterocycles. The van der Waals surface area contributed by atoms with E-state index in [1.165, 1.54) is 6.08 Å². The molecule has 7 nitrogen and oxygen atoms in total. The summed E-state index contributed by atoms with van der Waals surface area (Å²) in [7, 11) is 0. The Labute approximate surface area is 194 Å². The fraction of sp³-hybridized carbons (Fsp3) is 0.208. The number of terminal acetylenes is 1. The second-order valence-corrected chi connectivity index (χ2v) is 7.90. The number of nitrogens with one attached hydrogen (secondary N) is 1. The molecule has 164 valence electrons. The van der Waals surface area contributed by atoms with Crippen LogP contribution in [0.2, 0.25) is 0 Å². The van der Waals surface area contributed by atoms with Crippen molar-refractivity contribution in [2.45, 2.75) is 20.8 Å². The monoisotopic (exact) mass is 496 g/mol. The van der Waals surface area contributed by atoms with Crippen molar-refractivity contribution in [1.82, 2.24) is 5.32 Å². The molecule has 0 spiro atoms. The van der Waals surface area contributed by atoms with Crippen molar-refractivity contribution in [2.24, 2.45) is 0 Å². The Balaban J connectivity index is 2.05. The average molecular weight is 497 g/mol. The van der Waals surface area contributed by atoms with Gasteiger partial charge in [-0.3, -0.25) is 14.9 Å². The SMILES string of the molecule is C#CCOc1cc(Br)c(/C=C2\C(=O)NC(=O)N(c3cc(C)cc(C)c3)C2=O)cc1OCC. The fourth-order valence-corrected chi connectivity index (χ4v) is 3.73. The highest BCUT2D eigenvalue weighted by atomic mass is 79.9. The molecule has 1 aliphatic rings. The Bertz CT molecular complexity index is 1160. The van der Waals surface area contributed by atoms with E-state index < -0.39 is 17.8 Å². The number of ether oxygens (including phenoxy) is 2. The Morgan fingerprint density at radius 1 is 1.06 bits per heavy atom. The lowest BCUT2D eigenvalue weighted by Gasteiger charge is -2.27. The van der Waals surface area contributed by atoms with E-state index in [1.807, 2.05) is 26.8 Å². The first-order valence-electron chi connectivity index (χ1n) is 9.77. The van der Waals surface area contributed by atoms with Crippen LogP contribution in [0.3, 0.4) is 0 Å². The molecular formula is C24H21BrN2O5. The van der Waals surface area contributed by atoms with Crippen molar-refractivity contribution in [3.8, 4) is 23.8 Å². The molecule has 0 aliphatic carbocycles. The summed E-state index contributed by atoms with van der Waals surface area (Å²) in [6.07, 6.45) is 6.66. The molecule has 1 fully saturated rings. The van der Waals surface area contributed by atoms with Crippen LogP contribution in [0.5, 0.6) is 11.5 Å². The minimum Gasteiger partial charge on any atom is -0.490 e. The smallest absolute Gasteiger partial charge is 0.335 e. The zero-order chi connectivity index (χ0) is 23.4. The number of urea groups is 1. The summed E-state index contributed by atoms with van der Waals surface area (Å²) in [4.78, 5) is 39.1. The standard InChI is InChI=1S/C24H21BrN2O5/c1-5-7-32-21-13-19(25)16(12-20(21)31-6-2)11-18-22(28)26-24(30)27(23(18)29)17-9-14(3)8-15(4)10-17/h1,8-13H,6-7H2,2-4H3,(H,26,28,30)/b18-11+. The van der Waals surface area contributed by atoms with E-state index >= 15 is 0 Å². The number of imide groups is 2. The quantitative estimate of drug-likeness (QED) is 0.369. The maximum Gasteiger partial charge on any atom is 0.335 e. The van der Waals surface area contributed by atoms with E-state index in [0.29, 0.717) is 33.8 Å². The van der Waals surface area contributed by atoms with E-state index in [9.17, 15) is 14.4 Å². The molecule has 3 rings (SSSR count). The molecule has 2 aromatic carbocycles. The van der Waals surface area contributed by atoms with Gasteiger partial charge in [-0.25, -0.2) is 9.69 Å². The summed E-state index contributed by atoms with van der Waals surface area (Å²) in [6, 6.07) is 7.82. The number of halogens is 1. The van der Waals surface area contributed by atoms with Gasteiger partial charge in [0, 0.05) is 4.47 Å². The van der Waals surface area contributed by atoms with Gasteiger partial charge in [-0.15, -0.1) is 6.42 Å². The van der Waals surface area contributed by atoms with Gasteiger partial charge in [0.1, 0.15) is 12.2 Å². The molecule has 32 heavy (non-hydrogen) atoms. The molecule has 0 bridgehead atoms. The highest BCUT2D eigenvalue weighted by Crippen LogP contribution is 2.35. The third kappa shape index (κ3) is 4.84. The molecule has 0 atom stereocenters. The lowest BCUT2D eigenvalue weighted by molar-refractivity contribution is -0.122. The predicted molar refractivity (Wildman–Crippen MR) is 125 cm³/mol. The van der Waals surface area contributed by atoms with Crippen molar-refractivity contribution in [3.63, 3.8) is 0 Å². The van der Waals surface area contributed by atoms with Crippen LogP contribution in [0, 0.1) is 26.2 Å². The Hall–Kier alpha value is -3.57. The van der Waals surface area contributed by atoms with Gasteiger partial charge in [0.15, 0.2) is 11.5 Å². The van der Waals surface area contributed by atoms with Crippen LogP contribution in [0.15, 0.2) is 40.4 Å². The van der Waals surface area contributed by atoms with E-state index in [4.69, 9.17) is 15.9 Å². The van der Waals surface area contributed by atoms with Crippen LogP contribution in [0.4, 0.5) is 10.5 Å². The maximum absolute atomic E-state index is 13.2. The normalized spacial score (nSPS) is 14.9. The molecule has 0 saturated carbocycles. The predicted octanol–water partition coefficient (Wildman–Crippen LogP) is 4.14. The molecular weight excluding hydrogens is 476 g/mol. The van der Waals surface area contributed by atoms with Gasteiger partial charge >= 0.3 is 6.03 Å². The van der Waals surface area contributed by atoms with E-state index in [-0.39, 0.29) is 12.2 Å². The van der Waals surface area contributed by atoms with Gasteiger partial charge in [-0.2, -0.15) is 0 Å². The molecule has 1 N–H and O–H groups in total. The van der Waals surface area contributed by atoms with Gasteiger partial charge in [0.2, 0.25) is 0 Å². The minimum atomic E-state index is -0.797. The van der Waals surface area contributed by atoms with E-state index in [1.54, 1.807) is 24.3 Å². The number of anilines is 1. The number of amides is 4. The number of hydrogen-bond acceptors (Lipinski definition) is 5. The molecule has 1 aliphatic heterocycles. The average Bonchev–Trinajstić information content (AvgIpc) is 2.71. The van der Waals surface area contributed by atoms with Gasteiger partial charge in [-0.1, -0.05) is 27.9 Å². The highest BCUT2D eigenvalue weighted by molar-refractivity contribution is 9.10. The number of carbonyl (C=O) groups excluding carboxylic acids is 3. The Morgan fingerprint density at radius 3 is 2.34 bits per heavy atom. The van der Waals surface area contributed by atoms with Crippen LogP contribution in [-0.4, -0.2) is 31.1 Å². The zero-order valence-corrected chi connectivity index (χ0v) is 19.4. The number of hydrogen-bond donors (Lipinski definition) is 1. The van der Waals surface area contributed by atoms with Gasteiger partial charge in [0.05, 0.1) is 12.3 Å². The maximum atomic E-state index is 13.2. The zero-order valence-electron chi connectivity index (χ0n) is 17.8. The molecule has 0 unspecified atom stereocenters. The van der Waals surface area contributed by atoms with E-state index in [0.717, 1.165) is 16.0 Å². The largest absolute Gasteiger partial charge is 0.490 e. The van der Waals surface area contributed by atoms with Crippen molar-refractivity contribution in [2.75, 3.05) is 18.1 Å². The number of rotatable bonds is 6. The summed E-state index contributed by atoms with van der Waals surface area (Å²) in [6.45, 7) is 5.97. The van der Waals surface area contributed by atoms with Crippen molar-refractivity contribution >= 4 is 45.5 Å². The summed E-state index contributed by atoms with van der Waals surface area (Å²) in [5.74, 6) is 1.72. The molecule has 0 radical (unpaired) electrons. The topological polar surface area (TPSA) is 84.9 Å². The highest BCUT2D eigenvalue weighted by Gasteiger charge is 2.37. The third-order valence-corrected chi connectivity index (χ3v) is 5.23. The summed E-state index contributed by atoms with van der Waals surface area (Å²) in [5.41, 5.74) is 2.46. The van der Waals surface area contributed by atoms with Crippen LogP contribution in [0.1, 0.15) is 23.6 Å². The van der Waals surface area contributed by atoms with Gasteiger partial charge in [0.25, 0.3) is 11.8 Å². The lowest BCUT2D eigenvalue weighted by atomic mass is 10.0. The van der Waals surface area contributed by atoms with Crippen molar-refractivity contribution < 1.29 is 23.9 Å². The molecule has 4 amide bonds. The first kappa shape index (κ1) is 23.1. The summed E-state index contributed by atoms with van der Waals surface area (Å²) >= 11 is 3.43. The molecule has 1 heterocycles. The number of barbiturate groups is 1. The van der Waals surface area contributed by atoms with Crippen LogP contribution >= 0.6 is 15.9 Å². The first-order valence-corrected chi connectivity index (χ1v) is 10.6. The van der Waals surface area contributed by atoms with Gasteiger partial charge < -0.3 is 9.47 Å². The van der Waals surface area contributed by atoms with E-state index in [2.05, 4.69) is 27.2 Å². The van der Waals surface area contributed by atoms with Crippen LogP contribution in [0.25, 0.3) is 6.08 Å².